The highest BCUT2D eigenvalue weighted by atomic mass is 16.5. The number of hydrogen-bond donors (Lipinski definition) is 1. The molecule has 7 heteroatoms. The minimum Gasteiger partial charge on any atom is -0.493 e. The standard InChI is InChI=1S/C26H27N3O4/c1-32-23-14-13-22(16-24(23)33-2)28-18-20(15-25(28)30)27-26(31)29(21-11-7-4-8-12-21)17-19-9-5-3-6-10-19/h3-14,16,20H,15,17-18H2,1-2H3,(H,27,31)/t20-/m1/s1. The lowest BCUT2D eigenvalue weighted by Gasteiger charge is -2.25. The van der Waals surface area contributed by atoms with Crippen LogP contribution in [0.2, 0.25) is 0 Å². The highest BCUT2D eigenvalue weighted by molar-refractivity contribution is 5.98. The summed E-state index contributed by atoms with van der Waals surface area (Å²) in [7, 11) is 3.12. The lowest BCUT2D eigenvalue weighted by molar-refractivity contribution is -0.117. The minimum absolute atomic E-state index is 0.0539. The number of para-hydroxylation sites is 1. The van der Waals surface area contributed by atoms with E-state index in [-0.39, 0.29) is 24.4 Å². The first kappa shape index (κ1) is 22.2. The number of nitrogens with one attached hydrogen (secondary N) is 1. The number of anilines is 2. The van der Waals surface area contributed by atoms with Crippen LogP contribution in [0.5, 0.6) is 11.5 Å². The molecule has 1 atom stereocenters. The molecule has 3 aromatic carbocycles. The summed E-state index contributed by atoms with van der Waals surface area (Å²) in [4.78, 5) is 29.4. The lowest BCUT2D eigenvalue weighted by Crippen LogP contribution is -2.45. The van der Waals surface area contributed by atoms with E-state index in [9.17, 15) is 9.59 Å². The maximum absolute atomic E-state index is 13.3. The quantitative estimate of drug-likeness (QED) is 0.591. The summed E-state index contributed by atoms with van der Waals surface area (Å²) in [5, 5.41) is 3.05. The van der Waals surface area contributed by atoms with Crippen LogP contribution in [0, 0.1) is 0 Å². The van der Waals surface area contributed by atoms with Crippen LogP contribution in [0.25, 0.3) is 0 Å². The van der Waals surface area contributed by atoms with Crippen molar-refractivity contribution in [3.05, 3.63) is 84.4 Å². The third kappa shape index (κ3) is 5.09. The Labute approximate surface area is 193 Å². The molecule has 1 heterocycles. The molecule has 3 aromatic rings. The summed E-state index contributed by atoms with van der Waals surface area (Å²) in [6, 6.07) is 24.2. The molecule has 0 aromatic heterocycles. The monoisotopic (exact) mass is 445 g/mol. The van der Waals surface area contributed by atoms with E-state index in [4.69, 9.17) is 9.47 Å². The molecule has 0 radical (unpaired) electrons. The number of benzene rings is 3. The Bertz CT molecular complexity index is 1110. The highest BCUT2D eigenvalue weighted by Crippen LogP contribution is 2.33. The van der Waals surface area contributed by atoms with Gasteiger partial charge in [-0.1, -0.05) is 48.5 Å². The molecule has 1 aliphatic heterocycles. The van der Waals surface area contributed by atoms with E-state index in [1.54, 1.807) is 36.2 Å². The van der Waals surface area contributed by atoms with Crippen molar-refractivity contribution in [2.24, 2.45) is 0 Å². The van der Waals surface area contributed by atoms with Crippen molar-refractivity contribution in [1.29, 1.82) is 0 Å². The number of rotatable bonds is 7. The summed E-state index contributed by atoms with van der Waals surface area (Å²) in [5.41, 5.74) is 2.52. The van der Waals surface area contributed by atoms with Gasteiger partial charge in [-0.25, -0.2) is 4.79 Å². The fraction of sp³-hybridized carbons (Fsp3) is 0.231. The van der Waals surface area contributed by atoms with Gasteiger partial charge in [0, 0.05) is 30.4 Å². The van der Waals surface area contributed by atoms with E-state index in [2.05, 4.69) is 5.32 Å². The van der Waals surface area contributed by atoms with E-state index in [0.29, 0.717) is 30.3 Å². The van der Waals surface area contributed by atoms with Crippen LogP contribution in [0.1, 0.15) is 12.0 Å². The Kier molecular flexibility index (Phi) is 6.78. The first-order valence-electron chi connectivity index (χ1n) is 10.8. The average Bonchev–Trinajstić information content (AvgIpc) is 3.22. The molecular formula is C26H27N3O4. The van der Waals surface area contributed by atoms with Crippen molar-refractivity contribution in [2.75, 3.05) is 30.6 Å². The van der Waals surface area contributed by atoms with Gasteiger partial charge in [-0.2, -0.15) is 0 Å². The van der Waals surface area contributed by atoms with Crippen molar-refractivity contribution in [2.45, 2.75) is 19.0 Å². The zero-order valence-electron chi connectivity index (χ0n) is 18.7. The van der Waals surface area contributed by atoms with Crippen LogP contribution in [0.15, 0.2) is 78.9 Å². The first-order chi connectivity index (χ1) is 16.1. The molecule has 4 rings (SSSR count). The number of carbonyl (C=O) groups is 2. The van der Waals surface area contributed by atoms with Gasteiger partial charge >= 0.3 is 6.03 Å². The maximum atomic E-state index is 13.3. The smallest absolute Gasteiger partial charge is 0.322 e. The maximum Gasteiger partial charge on any atom is 0.322 e. The number of methoxy groups -OCH3 is 2. The number of urea groups is 1. The molecule has 0 bridgehead atoms. The van der Waals surface area contributed by atoms with E-state index in [1.807, 2.05) is 66.7 Å². The van der Waals surface area contributed by atoms with Crippen molar-refractivity contribution in [1.82, 2.24) is 5.32 Å². The molecule has 0 unspecified atom stereocenters. The Balaban J connectivity index is 1.49. The summed E-state index contributed by atoms with van der Waals surface area (Å²) < 4.78 is 10.6. The Morgan fingerprint density at radius 1 is 0.970 bits per heavy atom. The molecule has 1 N–H and O–H groups in total. The normalized spacial score (nSPS) is 15.3. The van der Waals surface area contributed by atoms with Crippen LogP contribution in [-0.4, -0.2) is 38.7 Å². The van der Waals surface area contributed by atoms with Gasteiger partial charge in [0.15, 0.2) is 11.5 Å². The predicted molar refractivity (Wildman–Crippen MR) is 128 cm³/mol. The Hall–Kier alpha value is -4.00. The molecule has 1 saturated heterocycles. The molecule has 1 fully saturated rings. The fourth-order valence-corrected chi connectivity index (χ4v) is 3.95. The van der Waals surface area contributed by atoms with Crippen LogP contribution >= 0.6 is 0 Å². The molecular weight excluding hydrogens is 418 g/mol. The number of hydrogen-bond acceptors (Lipinski definition) is 4. The summed E-state index contributed by atoms with van der Waals surface area (Å²) >= 11 is 0. The van der Waals surface area contributed by atoms with Gasteiger partial charge in [-0.3, -0.25) is 9.69 Å². The lowest BCUT2D eigenvalue weighted by atomic mass is 10.2. The van der Waals surface area contributed by atoms with Crippen molar-refractivity contribution >= 4 is 23.3 Å². The molecule has 7 nitrogen and oxygen atoms in total. The summed E-state index contributed by atoms with van der Waals surface area (Å²) in [6.07, 6.45) is 0.230. The summed E-state index contributed by atoms with van der Waals surface area (Å²) in [6.45, 7) is 0.810. The largest absolute Gasteiger partial charge is 0.493 e. The van der Waals surface area contributed by atoms with E-state index in [0.717, 1.165) is 11.3 Å². The second kappa shape index (κ2) is 10.1. The number of amides is 3. The first-order valence-corrected chi connectivity index (χ1v) is 10.8. The van der Waals surface area contributed by atoms with Crippen molar-refractivity contribution in [3.63, 3.8) is 0 Å². The van der Waals surface area contributed by atoms with E-state index < -0.39 is 0 Å². The minimum atomic E-state index is -0.305. The van der Waals surface area contributed by atoms with Crippen molar-refractivity contribution in [3.8, 4) is 11.5 Å². The van der Waals surface area contributed by atoms with E-state index >= 15 is 0 Å². The highest BCUT2D eigenvalue weighted by Gasteiger charge is 2.33. The van der Waals surface area contributed by atoms with Gasteiger partial charge in [-0.05, 0) is 29.8 Å². The zero-order valence-corrected chi connectivity index (χ0v) is 18.7. The third-order valence-corrected chi connectivity index (χ3v) is 5.63. The predicted octanol–water partition coefficient (Wildman–Crippen LogP) is 4.23. The molecule has 170 valence electrons. The summed E-state index contributed by atoms with van der Waals surface area (Å²) in [5.74, 6) is 1.09. The molecule has 0 saturated carbocycles. The second-order valence-corrected chi connectivity index (χ2v) is 7.80. The molecule has 0 spiro atoms. The topological polar surface area (TPSA) is 71.1 Å². The van der Waals surface area contributed by atoms with Gasteiger partial charge in [0.2, 0.25) is 5.91 Å². The molecule has 0 aliphatic carbocycles. The fourth-order valence-electron chi connectivity index (χ4n) is 3.95. The van der Waals surface area contributed by atoms with E-state index in [1.165, 1.54) is 0 Å². The van der Waals surface area contributed by atoms with Crippen LogP contribution < -0.4 is 24.6 Å². The number of nitrogens with zero attached hydrogens (tertiary/aromatic N) is 2. The van der Waals surface area contributed by atoms with Gasteiger partial charge in [0.05, 0.1) is 26.8 Å². The number of carbonyl (C=O) groups excluding carboxylic acids is 2. The van der Waals surface area contributed by atoms with Gasteiger partial charge in [0.25, 0.3) is 0 Å². The molecule has 3 amide bonds. The van der Waals surface area contributed by atoms with Crippen LogP contribution in [-0.2, 0) is 11.3 Å². The average molecular weight is 446 g/mol. The SMILES string of the molecule is COc1ccc(N2C[C@H](NC(=O)N(Cc3ccccc3)c3ccccc3)CC2=O)cc1OC. The third-order valence-electron chi connectivity index (χ3n) is 5.63. The van der Waals surface area contributed by atoms with Crippen molar-refractivity contribution < 1.29 is 19.1 Å². The zero-order chi connectivity index (χ0) is 23.2. The molecule has 1 aliphatic rings. The van der Waals surface area contributed by atoms with Gasteiger partial charge < -0.3 is 19.7 Å². The molecule has 33 heavy (non-hydrogen) atoms. The van der Waals surface area contributed by atoms with Crippen LogP contribution in [0.3, 0.4) is 0 Å². The van der Waals surface area contributed by atoms with Crippen LogP contribution in [0.4, 0.5) is 16.2 Å². The Morgan fingerprint density at radius 3 is 2.30 bits per heavy atom. The van der Waals surface area contributed by atoms with Gasteiger partial charge in [-0.15, -0.1) is 0 Å². The van der Waals surface area contributed by atoms with Gasteiger partial charge in [0.1, 0.15) is 0 Å². The number of ether oxygens (including phenoxy) is 2. The second-order valence-electron chi connectivity index (χ2n) is 7.80. The Morgan fingerprint density at radius 2 is 1.64 bits per heavy atom.